The SMILES string of the molecule is CC(C)Nc1ccn(-c2cc(=O)c3ccc(OCCN4CCOCC4)cc3[nH]2)n1. The molecule has 29 heavy (non-hydrogen) atoms. The third-order valence-corrected chi connectivity index (χ3v) is 4.84. The van der Waals surface area contributed by atoms with Gasteiger partial charge in [-0.1, -0.05) is 0 Å². The molecule has 0 spiro atoms. The predicted octanol–water partition coefficient (Wildman–Crippen LogP) is 2.25. The smallest absolute Gasteiger partial charge is 0.191 e. The molecule has 0 radical (unpaired) electrons. The molecule has 3 heterocycles. The molecule has 154 valence electrons. The van der Waals surface area contributed by atoms with Gasteiger partial charge in [0.1, 0.15) is 24.0 Å². The summed E-state index contributed by atoms with van der Waals surface area (Å²) in [4.78, 5) is 18.2. The minimum atomic E-state index is -0.0533. The number of ether oxygens (including phenoxy) is 2. The van der Waals surface area contributed by atoms with Gasteiger partial charge in [0.25, 0.3) is 0 Å². The van der Waals surface area contributed by atoms with E-state index in [4.69, 9.17) is 9.47 Å². The largest absolute Gasteiger partial charge is 0.492 e. The van der Waals surface area contributed by atoms with E-state index in [-0.39, 0.29) is 11.5 Å². The molecule has 8 nitrogen and oxygen atoms in total. The molecule has 0 unspecified atom stereocenters. The quantitative estimate of drug-likeness (QED) is 0.636. The highest BCUT2D eigenvalue weighted by molar-refractivity contribution is 5.80. The standard InChI is InChI=1S/C21H27N5O3/c1-15(2)22-20-5-6-26(24-20)21-14-19(27)17-4-3-16(13-18(17)23-21)29-12-9-25-7-10-28-11-8-25/h3-6,13-15H,7-12H2,1-2H3,(H,22,24)(H,23,27). The fourth-order valence-electron chi connectivity index (χ4n) is 3.38. The van der Waals surface area contributed by atoms with Gasteiger partial charge in [0.05, 0.1) is 18.7 Å². The summed E-state index contributed by atoms with van der Waals surface area (Å²) >= 11 is 0. The van der Waals surface area contributed by atoms with Crippen molar-refractivity contribution in [2.45, 2.75) is 19.9 Å². The Hall–Kier alpha value is -2.84. The summed E-state index contributed by atoms with van der Waals surface area (Å²) in [6.07, 6.45) is 1.82. The molecule has 4 rings (SSSR count). The van der Waals surface area contributed by atoms with Crippen molar-refractivity contribution in [3.8, 4) is 11.6 Å². The summed E-state index contributed by atoms with van der Waals surface area (Å²) in [7, 11) is 0. The number of anilines is 1. The van der Waals surface area contributed by atoms with Gasteiger partial charge in [0.15, 0.2) is 5.43 Å². The maximum Gasteiger partial charge on any atom is 0.191 e. The average Bonchev–Trinajstić information content (AvgIpc) is 3.16. The Morgan fingerprint density at radius 2 is 2.07 bits per heavy atom. The second-order valence-electron chi connectivity index (χ2n) is 7.47. The van der Waals surface area contributed by atoms with Crippen LogP contribution in [0.25, 0.3) is 16.7 Å². The maximum absolute atomic E-state index is 12.6. The number of nitrogens with zero attached hydrogens (tertiary/aromatic N) is 3. The molecular weight excluding hydrogens is 370 g/mol. The van der Waals surface area contributed by atoms with Crippen LogP contribution in [0.5, 0.6) is 5.75 Å². The van der Waals surface area contributed by atoms with Gasteiger partial charge in [-0.2, -0.15) is 0 Å². The molecule has 0 atom stereocenters. The summed E-state index contributed by atoms with van der Waals surface area (Å²) in [5.41, 5.74) is 0.674. The second-order valence-corrected chi connectivity index (χ2v) is 7.47. The minimum absolute atomic E-state index is 0.0533. The van der Waals surface area contributed by atoms with Crippen molar-refractivity contribution in [2.75, 3.05) is 44.8 Å². The van der Waals surface area contributed by atoms with Crippen LogP contribution >= 0.6 is 0 Å². The number of fused-ring (bicyclic) bond motifs is 1. The monoisotopic (exact) mass is 397 g/mol. The van der Waals surface area contributed by atoms with Crippen molar-refractivity contribution in [1.82, 2.24) is 19.7 Å². The number of nitrogens with one attached hydrogen (secondary N) is 2. The number of H-pyrrole nitrogens is 1. The minimum Gasteiger partial charge on any atom is -0.492 e. The van der Waals surface area contributed by atoms with Crippen LogP contribution in [0.15, 0.2) is 41.3 Å². The molecule has 0 amide bonds. The predicted molar refractivity (Wildman–Crippen MR) is 113 cm³/mol. The van der Waals surface area contributed by atoms with E-state index in [1.807, 2.05) is 24.4 Å². The first-order valence-electron chi connectivity index (χ1n) is 10.0. The van der Waals surface area contributed by atoms with Gasteiger partial charge in [0.2, 0.25) is 0 Å². The van der Waals surface area contributed by atoms with E-state index in [0.29, 0.717) is 17.8 Å². The van der Waals surface area contributed by atoms with Crippen LogP contribution < -0.4 is 15.5 Å². The van der Waals surface area contributed by atoms with Crippen molar-refractivity contribution >= 4 is 16.7 Å². The van der Waals surface area contributed by atoms with Gasteiger partial charge in [0, 0.05) is 55.5 Å². The summed E-state index contributed by atoms with van der Waals surface area (Å²) in [5, 5.41) is 8.36. The van der Waals surface area contributed by atoms with Crippen molar-refractivity contribution < 1.29 is 9.47 Å². The first-order chi connectivity index (χ1) is 14.1. The number of hydrogen-bond acceptors (Lipinski definition) is 6. The number of pyridine rings is 1. The van der Waals surface area contributed by atoms with Crippen molar-refractivity contribution in [3.63, 3.8) is 0 Å². The molecule has 1 aromatic carbocycles. The number of aromatic amines is 1. The van der Waals surface area contributed by atoms with Crippen LogP contribution in [-0.2, 0) is 4.74 Å². The highest BCUT2D eigenvalue weighted by Crippen LogP contribution is 2.19. The highest BCUT2D eigenvalue weighted by Gasteiger charge is 2.11. The Bertz CT molecular complexity index is 1020. The fourth-order valence-corrected chi connectivity index (χ4v) is 3.38. The van der Waals surface area contributed by atoms with Gasteiger partial charge in [-0.3, -0.25) is 9.69 Å². The molecule has 1 aliphatic rings. The Labute approximate surface area is 169 Å². The van der Waals surface area contributed by atoms with Crippen LogP contribution in [0.3, 0.4) is 0 Å². The Morgan fingerprint density at radius 3 is 2.86 bits per heavy atom. The zero-order valence-corrected chi connectivity index (χ0v) is 16.9. The second kappa shape index (κ2) is 8.67. The van der Waals surface area contributed by atoms with E-state index in [1.54, 1.807) is 16.8 Å². The Balaban J connectivity index is 1.50. The Morgan fingerprint density at radius 1 is 1.24 bits per heavy atom. The number of aromatic nitrogens is 3. The average molecular weight is 397 g/mol. The first kappa shape index (κ1) is 19.5. The summed E-state index contributed by atoms with van der Waals surface area (Å²) in [6, 6.07) is 9.25. The van der Waals surface area contributed by atoms with Crippen LogP contribution in [0.4, 0.5) is 5.82 Å². The maximum atomic E-state index is 12.6. The molecule has 3 aromatic rings. The van der Waals surface area contributed by atoms with E-state index in [0.717, 1.165) is 49.9 Å². The van der Waals surface area contributed by atoms with Gasteiger partial charge < -0.3 is 19.8 Å². The highest BCUT2D eigenvalue weighted by atomic mass is 16.5. The fraction of sp³-hybridized carbons (Fsp3) is 0.429. The molecule has 2 aromatic heterocycles. The third-order valence-electron chi connectivity index (χ3n) is 4.84. The van der Waals surface area contributed by atoms with E-state index in [9.17, 15) is 4.79 Å². The van der Waals surface area contributed by atoms with E-state index < -0.39 is 0 Å². The molecule has 1 fully saturated rings. The normalized spacial score (nSPS) is 15.1. The molecule has 0 aliphatic carbocycles. The number of hydrogen-bond donors (Lipinski definition) is 2. The lowest BCUT2D eigenvalue weighted by molar-refractivity contribution is 0.0322. The molecule has 8 heteroatoms. The topological polar surface area (TPSA) is 84.4 Å². The molecule has 2 N–H and O–H groups in total. The lowest BCUT2D eigenvalue weighted by atomic mass is 10.2. The summed E-state index contributed by atoms with van der Waals surface area (Å²) < 4.78 is 12.9. The van der Waals surface area contributed by atoms with Crippen molar-refractivity contribution in [1.29, 1.82) is 0 Å². The van der Waals surface area contributed by atoms with Gasteiger partial charge in [-0.25, -0.2) is 4.68 Å². The van der Waals surface area contributed by atoms with Crippen molar-refractivity contribution in [3.05, 3.63) is 46.8 Å². The van der Waals surface area contributed by atoms with E-state index >= 15 is 0 Å². The van der Waals surface area contributed by atoms with E-state index in [1.165, 1.54) is 0 Å². The molecular formula is C21H27N5O3. The lowest BCUT2D eigenvalue weighted by Crippen LogP contribution is -2.38. The molecule has 0 saturated carbocycles. The number of benzene rings is 1. The molecule has 0 bridgehead atoms. The van der Waals surface area contributed by atoms with Gasteiger partial charge >= 0.3 is 0 Å². The lowest BCUT2D eigenvalue weighted by Gasteiger charge is -2.26. The molecule has 1 saturated heterocycles. The van der Waals surface area contributed by atoms with Crippen LogP contribution in [0.1, 0.15) is 13.8 Å². The summed E-state index contributed by atoms with van der Waals surface area (Å²) in [5.74, 6) is 2.12. The molecule has 1 aliphatic heterocycles. The van der Waals surface area contributed by atoms with Crippen LogP contribution in [0, 0.1) is 0 Å². The summed E-state index contributed by atoms with van der Waals surface area (Å²) in [6.45, 7) is 9.00. The van der Waals surface area contributed by atoms with E-state index in [2.05, 4.69) is 34.1 Å². The zero-order chi connectivity index (χ0) is 20.2. The zero-order valence-electron chi connectivity index (χ0n) is 16.9. The third kappa shape index (κ3) is 4.78. The number of morpholine rings is 1. The Kier molecular flexibility index (Phi) is 5.82. The van der Waals surface area contributed by atoms with Crippen LogP contribution in [-0.4, -0.2) is 65.2 Å². The van der Waals surface area contributed by atoms with Gasteiger partial charge in [-0.15, -0.1) is 5.10 Å². The first-order valence-corrected chi connectivity index (χ1v) is 10.0. The van der Waals surface area contributed by atoms with Gasteiger partial charge in [-0.05, 0) is 26.0 Å². The number of rotatable bonds is 7. The van der Waals surface area contributed by atoms with Crippen molar-refractivity contribution in [2.24, 2.45) is 0 Å². The van der Waals surface area contributed by atoms with Crippen LogP contribution in [0.2, 0.25) is 0 Å².